The Morgan fingerprint density at radius 1 is 1.56 bits per heavy atom. The van der Waals surface area contributed by atoms with Crippen molar-refractivity contribution >= 4 is 5.97 Å². The first-order valence-corrected chi connectivity index (χ1v) is 6.03. The maximum atomic E-state index is 11.9. The molecule has 16 heavy (non-hydrogen) atoms. The highest BCUT2D eigenvalue weighted by Gasteiger charge is 2.26. The van der Waals surface area contributed by atoms with Crippen molar-refractivity contribution in [3.63, 3.8) is 0 Å². The molecular weight excluding hydrogens is 204 g/mol. The molecule has 0 aromatic rings. The van der Waals surface area contributed by atoms with E-state index in [1.165, 1.54) is 0 Å². The zero-order valence-corrected chi connectivity index (χ0v) is 10.9. The smallest absolute Gasteiger partial charge is 0.310 e. The third-order valence-electron chi connectivity index (χ3n) is 2.90. The summed E-state index contributed by atoms with van der Waals surface area (Å²) in [6, 6.07) is 0. The lowest BCUT2D eigenvalue weighted by molar-refractivity contribution is -0.155. The van der Waals surface area contributed by atoms with Crippen molar-refractivity contribution in [3.8, 4) is 0 Å². The van der Waals surface area contributed by atoms with Crippen molar-refractivity contribution in [2.75, 3.05) is 40.8 Å². The highest BCUT2D eigenvalue weighted by atomic mass is 16.5. The van der Waals surface area contributed by atoms with Crippen LogP contribution in [0.1, 0.15) is 19.8 Å². The van der Waals surface area contributed by atoms with Crippen LogP contribution in [0.4, 0.5) is 0 Å². The van der Waals surface area contributed by atoms with Gasteiger partial charge in [-0.2, -0.15) is 0 Å². The van der Waals surface area contributed by atoms with Gasteiger partial charge < -0.3 is 14.5 Å². The minimum Gasteiger partial charge on any atom is -0.461 e. The molecule has 0 aromatic heterocycles. The zero-order valence-electron chi connectivity index (χ0n) is 10.9. The number of likely N-dealkylation sites (tertiary alicyclic amines) is 1. The molecule has 0 N–H and O–H groups in total. The summed E-state index contributed by atoms with van der Waals surface area (Å²) < 4.78 is 5.44. The minimum atomic E-state index is -0.0269. The lowest BCUT2D eigenvalue weighted by Crippen LogP contribution is -2.39. The molecule has 0 saturated carbocycles. The maximum absolute atomic E-state index is 11.9. The Kier molecular flexibility index (Phi) is 5.22. The second-order valence-electron chi connectivity index (χ2n) is 5.11. The number of carbonyl (C=O) groups is 1. The predicted octanol–water partition coefficient (Wildman–Crippen LogP) is 0.821. The van der Waals surface area contributed by atoms with Crippen LogP contribution in [0.15, 0.2) is 0 Å². The van der Waals surface area contributed by atoms with E-state index in [0.29, 0.717) is 0 Å². The van der Waals surface area contributed by atoms with Gasteiger partial charge in [0.1, 0.15) is 6.10 Å². The number of piperidine rings is 1. The van der Waals surface area contributed by atoms with Gasteiger partial charge in [-0.25, -0.2) is 0 Å². The Morgan fingerprint density at radius 3 is 2.81 bits per heavy atom. The van der Waals surface area contributed by atoms with E-state index in [1.54, 1.807) is 0 Å². The van der Waals surface area contributed by atoms with Crippen LogP contribution in [0.3, 0.4) is 0 Å². The molecule has 0 amide bonds. The molecule has 1 heterocycles. The highest BCUT2D eigenvalue weighted by molar-refractivity contribution is 5.73. The topological polar surface area (TPSA) is 32.8 Å². The molecule has 0 aromatic carbocycles. The first-order valence-electron chi connectivity index (χ1n) is 6.03. The van der Waals surface area contributed by atoms with Gasteiger partial charge in [-0.15, -0.1) is 0 Å². The van der Waals surface area contributed by atoms with Crippen LogP contribution < -0.4 is 0 Å². The Hall–Kier alpha value is -0.610. The van der Waals surface area contributed by atoms with E-state index >= 15 is 0 Å². The molecule has 1 saturated heterocycles. The number of hydrogen-bond acceptors (Lipinski definition) is 4. The predicted molar refractivity (Wildman–Crippen MR) is 64.3 cm³/mol. The van der Waals surface area contributed by atoms with Gasteiger partial charge in [0.2, 0.25) is 0 Å². The normalized spacial score (nSPS) is 24.4. The van der Waals surface area contributed by atoms with Crippen molar-refractivity contribution in [2.45, 2.75) is 25.9 Å². The van der Waals surface area contributed by atoms with Crippen molar-refractivity contribution in [1.82, 2.24) is 9.80 Å². The molecule has 2 atom stereocenters. The summed E-state index contributed by atoms with van der Waals surface area (Å²) in [6.07, 6.45) is 2.05. The lowest BCUT2D eigenvalue weighted by Gasteiger charge is -2.29. The van der Waals surface area contributed by atoms with Gasteiger partial charge in [0, 0.05) is 13.1 Å². The Balaban J connectivity index is 2.33. The van der Waals surface area contributed by atoms with E-state index in [4.69, 9.17) is 4.74 Å². The molecular formula is C12H24N2O2. The Labute approximate surface area is 98.5 Å². The van der Waals surface area contributed by atoms with Gasteiger partial charge >= 0.3 is 5.97 Å². The molecule has 4 heteroatoms. The van der Waals surface area contributed by atoms with Crippen molar-refractivity contribution < 1.29 is 9.53 Å². The molecule has 1 fully saturated rings. The van der Waals surface area contributed by atoms with Gasteiger partial charge in [-0.3, -0.25) is 4.79 Å². The fourth-order valence-corrected chi connectivity index (χ4v) is 2.20. The Morgan fingerprint density at radius 2 is 2.25 bits per heavy atom. The number of ether oxygens (including phenoxy) is 1. The van der Waals surface area contributed by atoms with Crippen molar-refractivity contribution in [1.29, 1.82) is 0 Å². The van der Waals surface area contributed by atoms with Crippen LogP contribution in [-0.4, -0.2) is 62.7 Å². The molecule has 4 nitrogen and oxygen atoms in total. The van der Waals surface area contributed by atoms with Crippen LogP contribution in [-0.2, 0) is 9.53 Å². The van der Waals surface area contributed by atoms with Gasteiger partial charge in [-0.1, -0.05) is 0 Å². The molecule has 0 unspecified atom stereocenters. The van der Waals surface area contributed by atoms with E-state index < -0.39 is 0 Å². The summed E-state index contributed by atoms with van der Waals surface area (Å²) in [5, 5.41) is 0. The van der Waals surface area contributed by atoms with Gasteiger partial charge in [0.25, 0.3) is 0 Å². The second kappa shape index (κ2) is 6.21. The van der Waals surface area contributed by atoms with E-state index in [0.717, 1.165) is 32.5 Å². The highest BCUT2D eigenvalue weighted by Crippen LogP contribution is 2.17. The van der Waals surface area contributed by atoms with Crippen molar-refractivity contribution in [2.24, 2.45) is 5.92 Å². The summed E-state index contributed by atoms with van der Waals surface area (Å²) in [5.41, 5.74) is 0. The van der Waals surface area contributed by atoms with E-state index in [-0.39, 0.29) is 18.0 Å². The number of nitrogens with zero attached hydrogens (tertiary/aromatic N) is 2. The minimum absolute atomic E-state index is 0.0188. The van der Waals surface area contributed by atoms with E-state index in [1.807, 2.05) is 25.9 Å². The van der Waals surface area contributed by atoms with Crippen molar-refractivity contribution in [3.05, 3.63) is 0 Å². The van der Waals surface area contributed by atoms with Gasteiger partial charge in [0.15, 0.2) is 0 Å². The number of rotatable bonds is 4. The standard InChI is InChI=1S/C12H24N2O2/c1-10(8-13(2)3)16-12(15)11-6-5-7-14(4)9-11/h10-11H,5-9H2,1-4H3/t10-,11+/m1/s1. The SMILES string of the molecule is C[C@H](CN(C)C)OC(=O)[C@H]1CCCN(C)C1. The average molecular weight is 228 g/mol. The first-order chi connectivity index (χ1) is 7.49. The van der Waals surface area contributed by atoms with Crippen LogP contribution in [0.2, 0.25) is 0 Å². The summed E-state index contributed by atoms with van der Waals surface area (Å²) in [6.45, 7) is 4.67. The van der Waals surface area contributed by atoms with Crippen LogP contribution >= 0.6 is 0 Å². The fourth-order valence-electron chi connectivity index (χ4n) is 2.20. The average Bonchev–Trinajstić information content (AvgIpc) is 2.16. The monoisotopic (exact) mass is 228 g/mol. The number of carbonyl (C=O) groups excluding carboxylic acids is 1. The number of hydrogen-bond donors (Lipinski definition) is 0. The van der Waals surface area contributed by atoms with Crippen LogP contribution in [0, 0.1) is 5.92 Å². The fraction of sp³-hybridized carbons (Fsp3) is 0.917. The van der Waals surface area contributed by atoms with E-state index in [2.05, 4.69) is 11.9 Å². The van der Waals surface area contributed by atoms with E-state index in [9.17, 15) is 4.79 Å². The molecule has 1 rings (SSSR count). The summed E-state index contributed by atoms with van der Waals surface area (Å²) in [5.74, 6) is 0.0456. The summed E-state index contributed by atoms with van der Waals surface area (Å²) >= 11 is 0. The second-order valence-corrected chi connectivity index (χ2v) is 5.11. The molecule has 0 aliphatic carbocycles. The summed E-state index contributed by atoms with van der Waals surface area (Å²) in [7, 11) is 6.03. The zero-order chi connectivity index (χ0) is 12.1. The van der Waals surface area contributed by atoms with Gasteiger partial charge in [0.05, 0.1) is 5.92 Å². The molecule has 0 spiro atoms. The largest absolute Gasteiger partial charge is 0.461 e. The third kappa shape index (κ3) is 4.49. The molecule has 0 bridgehead atoms. The lowest BCUT2D eigenvalue weighted by atomic mass is 9.99. The first kappa shape index (κ1) is 13.5. The number of esters is 1. The molecule has 0 radical (unpaired) electrons. The molecule has 1 aliphatic heterocycles. The summed E-state index contributed by atoms with van der Waals surface area (Å²) in [4.78, 5) is 16.1. The van der Waals surface area contributed by atoms with Gasteiger partial charge in [-0.05, 0) is 47.5 Å². The molecule has 94 valence electrons. The van der Waals surface area contributed by atoms with Crippen LogP contribution in [0.25, 0.3) is 0 Å². The number of likely N-dealkylation sites (N-methyl/N-ethyl adjacent to an activating group) is 1. The third-order valence-corrected chi connectivity index (χ3v) is 2.90. The maximum Gasteiger partial charge on any atom is 0.310 e. The Bertz CT molecular complexity index is 231. The molecule has 1 aliphatic rings. The van der Waals surface area contributed by atoms with Crippen LogP contribution in [0.5, 0.6) is 0 Å². The quantitative estimate of drug-likeness (QED) is 0.667.